The van der Waals surface area contributed by atoms with Crippen molar-refractivity contribution in [1.82, 2.24) is 0 Å². The first-order valence-electron chi connectivity index (χ1n) is 37.9. The lowest BCUT2D eigenvalue weighted by molar-refractivity contribution is -0.870. The molecule has 2 unspecified atom stereocenters. The van der Waals surface area contributed by atoms with Crippen molar-refractivity contribution in [2.45, 2.75) is 354 Å². The Morgan fingerprint density at radius 2 is 0.633 bits per heavy atom. The number of carbonyl (C=O) groups is 2. The molecule has 0 aliphatic carbocycles. The van der Waals surface area contributed by atoms with Crippen LogP contribution in [0.1, 0.15) is 348 Å². The number of nitrogens with zero attached hydrogens (tertiary/aromatic N) is 1. The molecule has 0 fully saturated rings. The Hall–Kier alpha value is -3.07. The third kappa shape index (κ3) is 74.0. The predicted octanol–water partition coefficient (Wildman–Crippen LogP) is 24.4. The molecule has 0 spiro atoms. The van der Waals surface area contributed by atoms with E-state index < -0.39 is 26.5 Å². The zero-order valence-electron chi connectivity index (χ0n) is 59.6. The lowest BCUT2D eigenvalue weighted by atomic mass is 10.0. The summed E-state index contributed by atoms with van der Waals surface area (Å²) in [5, 5.41) is 0. The highest BCUT2D eigenvalue weighted by molar-refractivity contribution is 7.45. The van der Waals surface area contributed by atoms with E-state index in [0.29, 0.717) is 17.4 Å². The van der Waals surface area contributed by atoms with E-state index in [-0.39, 0.29) is 32.0 Å². The van der Waals surface area contributed by atoms with Crippen molar-refractivity contribution in [1.29, 1.82) is 0 Å². The Bertz CT molecular complexity index is 1840. The van der Waals surface area contributed by atoms with Crippen molar-refractivity contribution in [3.63, 3.8) is 0 Å². The van der Waals surface area contributed by atoms with Gasteiger partial charge in [-0.15, -0.1) is 0 Å². The van der Waals surface area contributed by atoms with Crippen molar-refractivity contribution in [3.05, 3.63) is 97.2 Å². The van der Waals surface area contributed by atoms with E-state index in [4.69, 9.17) is 18.5 Å². The molecule has 10 heteroatoms. The maximum absolute atomic E-state index is 12.9. The van der Waals surface area contributed by atoms with Gasteiger partial charge in [0.1, 0.15) is 19.8 Å². The number of unbranched alkanes of at least 4 members (excludes halogenated alkanes) is 40. The van der Waals surface area contributed by atoms with Crippen LogP contribution in [0.2, 0.25) is 0 Å². The largest absolute Gasteiger partial charge is 0.756 e. The van der Waals surface area contributed by atoms with Crippen LogP contribution in [0.4, 0.5) is 0 Å². The Kier molecular flexibility index (Phi) is 67.9. The van der Waals surface area contributed by atoms with Gasteiger partial charge < -0.3 is 27.9 Å². The molecule has 0 radical (unpaired) electrons. The number of hydrogen-bond donors (Lipinski definition) is 0. The van der Waals surface area contributed by atoms with Crippen LogP contribution in [0.15, 0.2) is 97.2 Å². The standard InChI is InChI=1S/C80H144NO8P/c1-6-8-10-12-14-16-18-20-22-24-26-28-30-32-34-36-37-38-39-40-41-42-43-45-46-48-50-52-54-56-58-60-62-64-66-68-70-72-79(82)86-76-78(77-88-90(84,85)87-75-74-81(3,4)5)89-80(83)73-71-69-67-65-63-61-59-57-55-53-51-49-47-44-35-33-31-29-27-25-23-21-19-17-15-13-11-9-7-2/h9,11,15,17-18,20-21,23-24,26-27,29-30,32-33,35,78H,6-8,10,12-14,16,19,22,25,28,31,34,36-77H2,1-5H3/b11-9-,17-15-,20-18-,23-21-,26-24-,29-27-,32-30-,35-33-. The summed E-state index contributed by atoms with van der Waals surface area (Å²) in [6, 6.07) is 0. The van der Waals surface area contributed by atoms with E-state index >= 15 is 0 Å². The summed E-state index contributed by atoms with van der Waals surface area (Å²) in [7, 11) is 1.17. The fraction of sp³-hybridized carbons (Fsp3) is 0.775. The van der Waals surface area contributed by atoms with E-state index in [1.54, 1.807) is 0 Å². The van der Waals surface area contributed by atoms with Gasteiger partial charge in [-0.1, -0.05) is 336 Å². The number of hydrogen-bond acceptors (Lipinski definition) is 8. The third-order valence-electron chi connectivity index (χ3n) is 16.6. The molecule has 0 saturated carbocycles. The monoisotopic (exact) mass is 1280 g/mol. The lowest BCUT2D eigenvalue weighted by Gasteiger charge is -2.28. The molecule has 0 rings (SSSR count). The van der Waals surface area contributed by atoms with Gasteiger partial charge in [0.2, 0.25) is 0 Å². The first-order valence-corrected chi connectivity index (χ1v) is 39.4. The lowest BCUT2D eigenvalue weighted by Crippen LogP contribution is -2.37. The number of carbonyl (C=O) groups excluding carboxylic acids is 2. The molecule has 0 aromatic rings. The molecule has 0 saturated heterocycles. The molecule has 90 heavy (non-hydrogen) atoms. The van der Waals surface area contributed by atoms with E-state index in [2.05, 4.69) is 111 Å². The van der Waals surface area contributed by atoms with Crippen molar-refractivity contribution >= 4 is 19.8 Å². The maximum Gasteiger partial charge on any atom is 0.306 e. The summed E-state index contributed by atoms with van der Waals surface area (Å²) in [4.78, 5) is 38.1. The fourth-order valence-electron chi connectivity index (χ4n) is 10.8. The van der Waals surface area contributed by atoms with Crippen molar-refractivity contribution < 1.29 is 42.1 Å². The summed E-state index contributed by atoms with van der Waals surface area (Å²) in [6.07, 6.45) is 98.0. The van der Waals surface area contributed by atoms with Crippen LogP contribution < -0.4 is 4.89 Å². The van der Waals surface area contributed by atoms with Gasteiger partial charge in [-0.25, -0.2) is 0 Å². The molecule has 2 atom stereocenters. The number of rotatable bonds is 70. The van der Waals surface area contributed by atoms with Gasteiger partial charge in [0.15, 0.2) is 6.10 Å². The zero-order valence-corrected chi connectivity index (χ0v) is 60.5. The minimum Gasteiger partial charge on any atom is -0.756 e. The van der Waals surface area contributed by atoms with Gasteiger partial charge in [0, 0.05) is 12.8 Å². The molecule has 9 nitrogen and oxygen atoms in total. The average Bonchev–Trinajstić information content (AvgIpc) is 3.58. The Labute approximate surface area is 557 Å². The fourth-order valence-corrected chi connectivity index (χ4v) is 11.5. The second-order valence-corrected chi connectivity index (χ2v) is 28.0. The van der Waals surface area contributed by atoms with Crippen LogP contribution in [0.5, 0.6) is 0 Å². The van der Waals surface area contributed by atoms with Gasteiger partial charge in [0.05, 0.1) is 27.7 Å². The van der Waals surface area contributed by atoms with Gasteiger partial charge >= 0.3 is 11.9 Å². The molecule has 0 aromatic carbocycles. The maximum atomic E-state index is 12.9. The Balaban J connectivity index is 3.97. The molecule has 0 amide bonds. The normalized spacial score (nSPS) is 13.6. The van der Waals surface area contributed by atoms with Gasteiger partial charge in [-0.3, -0.25) is 14.2 Å². The molecule has 0 bridgehead atoms. The first kappa shape index (κ1) is 86.9. The highest BCUT2D eigenvalue weighted by atomic mass is 31.2. The predicted molar refractivity (Wildman–Crippen MR) is 388 cm³/mol. The minimum atomic E-state index is -4.65. The smallest absolute Gasteiger partial charge is 0.306 e. The summed E-state index contributed by atoms with van der Waals surface area (Å²) in [5.74, 6) is -0.823. The Morgan fingerprint density at radius 3 is 0.944 bits per heavy atom. The minimum absolute atomic E-state index is 0.0325. The van der Waals surface area contributed by atoms with E-state index in [1.807, 2.05) is 21.1 Å². The van der Waals surface area contributed by atoms with Crippen LogP contribution in [-0.2, 0) is 32.7 Å². The van der Waals surface area contributed by atoms with Crippen LogP contribution in [0, 0.1) is 0 Å². The quantitative estimate of drug-likeness (QED) is 0.0195. The van der Waals surface area contributed by atoms with Crippen LogP contribution in [-0.4, -0.2) is 70.0 Å². The van der Waals surface area contributed by atoms with Crippen molar-refractivity contribution in [2.24, 2.45) is 0 Å². The number of quaternary nitrogens is 1. The number of allylic oxidation sites excluding steroid dienone is 16. The SMILES string of the molecule is CC/C=C\C/C=C\C/C=C\C/C=C\C/C=C\CCCCCCCCCCCCCCCC(=O)OC(COC(=O)CCCCCCCCCCCCCCCCCCCCCCCC/C=C\C/C=C\C/C=C\CCCCCCC)COP(=O)([O-])OCC[N+](C)(C)C. The first-order chi connectivity index (χ1) is 44.0. The molecule has 0 aliphatic heterocycles. The summed E-state index contributed by atoms with van der Waals surface area (Å²) in [5.41, 5.74) is 0. The molecular formula is C80H144NO8P. The van der Waals surface area contributed by atoms with Gasteiger partial charge in [-0.2, -0.15) is 0 Å². The van der Waals surface area contributed by atoms with Crippen LogP contribution in [0.3, 0.4) is 0 Å². The number of phosphoric ester groups is 1. The molecule has 0 aromatic heterocycles. The van der Waals surface area contributed by atoms with Crippen LogP contribution in [0.25, 0.3) is 0 Å². The summed E-state index contributed by atoms with van der Waals surface area (Å²) >= 11 is 0. The molecular weight excluding hydrogens is 1130 g/mol. The average molecular weight is 1280 g/mol. The molecule has 0 heterocycles. The highest BCUT2D eigenvalue weighted by Crippen LogP contribution is 2.38. The van der Waals surface area contributed by atoms with E-state index in [1.165, 1.54) is 231 Å². The molecule has 0 N–H and O–H groups in total. The number of likely N-dealkylation sites (N-methyl/N-ethyl adjacent to an activating group) is 1. The van der Waals surface area contributed by atoms with E-state index in [0.717, 1.165) is 83.5 Å². The zero-order chi connectivity index (χ0) is 65.5. The van der Waals surface area contributed by atoms with Crippen molar-refractivity contribution in [3.8, 4) is 0 Å². The van der Waals surface area contributed by atoms with Crippen LogP contribution >= 0.6 is 7.82 Å². The third-order valence-corrected chi connectivity index (χ3v) is 17.6. The number of esters is 2. The molecule has 0 aliphatic rings. The molecule has 522 valence electrons. The Morgan fingerprint density at radius 1 is 0.356 bits per heavy atom. The second kappa shape index (κ2) is 70.3. The number of ether oxygens (including phenoxy) is 2. The highest BCUT2D eigenvalue weighted by Gasteiger charge is 2.22. The summed E-state index contributed by atoms with van der Waals surface area (Å²) in [6.45, 7) is 4.15. The van der Waals surface area contributed by atoms with Crippen molar-refractivity contribution in [2.75, 3.05) is 47.5 Å². The topological polar surface area (TPSA) is 111 Å². The van der Waals surface area contributed by atoms with E-state index in [9.17, 15) is 19.0 Å². The van der Waals surface area contributed by atoms with Gasteiger partial charge in [0.25, 0.3) is 7.82 Å². The summed E-state index contributed by atoms with van der Waals surface area (Å²) < 4.78 is 34.4. The van der Waals surface area contributed by atoms with Gasteiger partial charge in [-0.05, 0) is 96.3 Å². The second-order valence-electron chi connectivity index (χ2n) is 26.6. The number of phosphoric acid groups is 1.